The molecule has 1 aromatic heterocycles. The number of carbonyl (C=O) groups is 2. The Morgan fingerprint density at radius 3 is 2.56 bits per heavy atom. The van der Waals surface area contributed by atoms with Crippen molar-refractivity contribution in [3.63, 3.8) is 0 Å². The van der Waals surface area contributed by atoms with Crippen molar-refractivity contribution in [3.05, 3.63) is 16.5 Å². The molecule has 1 heterocycles. The van der Waals surface area contributed by atoms with Gasteiger partial charge < -0.3 is 10.6 Å². The molecule has 2 atom stereocenters. The van der Waals surface area contributed by atoms with Gasteiger partial charge in [0, 0.05) is 6.54 Å². The van der Waals surface area contributed by atoms with Crippen molar-refractivity contribution in [2.75, 3.05) is 11.9 Å². The third-order valence-electron chi connectivity index (χ3n) is 7.80. The highest BCUT2D eigenvalue weighted by atomic mass is 32.1. The molecule has 2 unspecified atom stereocenters. The van der Waals surface area contributed by atoms with E-state index >= 15 is 0 Å². The number of thiophene rings is 1. The van der Waals surface area contributed by atoms with Gasteiger partial charge in [0.2, 0.25) is 5.91 Å². The minimum absolute atomic E-state index is 0.00922. The SMILES string of the molecule is CCCNC(=O)c1c(C2CCC2)csc1NC(=O)C12CC3CC(CC1C3)C2. The van der Waals surface area contributed by atoms with Crippen LogP contribution in [0, 0.1) is 23.2 Å². The first-order valence-electron chi connectivity index (χ1n) is 10.8. The van der Waals surface area contributed by atoms with Crippen LogP contribution in [0.3, 0.4) is 0 Å². The predicted molar refractivity (Wildman–Crippen MR) is 108 cm³/mol. The normalized spacial score (nSPS) is 33.9. The fourth-order valence-corrected chi connectivity index (χ4v) is 7.47. The lowest BCUT2D eigenvalue weighted by atomic mass is 9.75. The highest BCUT2D eigenvalue weighted by Gasteiger charge is 2.61. The molecule has 0 spiro atoms. The van der Waals surface area contributed by atoms with Gasteiger partial charge in [-0.2, -0.15) is 0 Å². The number of nitrogens with one attached hydrogen (secondary N) is 2. The standard InChI is InChI=1S/C22H30N2O2S/c1-2-6-23-19(25)18-17(15-4-3-5-15)12-27-20(18)24-21(26)22-10-13-7-14(11-22)9-16(22)8-13/h12-16H,2-11H2,1H3,(H,23,25)(H,24,26). The summed E-state index contributed by atoms with van der Waals surface area (Å²) in [6, 6.07) is 0. The van der Waals surface area contributed by atoms with Crippen LogP contribution in [0.15, 0.2) is 5.38 Å². The molecule has 5 aliphatic rings. The molecule has 5 saturated carbocycles. The van der Waals surface area contributed by atoms with Crippen LogP contribution in [0.25, 0.3) is 0 Å². The van der Waals surface area contributed by atoms with Gasteiger partial charge in [-0.15, -0.1) is 11.3 Å². The Bertz CT molecular complexity index is 752. The van der Waals surface area contributed by atoms with Crippen molar-refractivity contribution in [2.24, 2.45) is 23.2 Å². The second-order valence-electron chi connectivity index (χ2n) is 9.43. The quantitative estimate of drug-likeness (QED) is 0.729. The Labute approximate surface area is 165 Å². The molecule has 0 radical (unpaired) electrons. The average molecular weight is 387 g/mol. The third-order valence-corrected chi connectivity index (χ3v) is 8.71. The minimum atomic E-state index is -0.147. The van der Waals surface area contributed by atoms with Crippen LogP contribution in [0.4, 0.5) is 5.00 Å². The van der Waals surface area contributed by atoms with Crippen LogP contribution in [0.2, 0.25) is 0 Å². The molecule has 2 amide bonds. The van der Waals surface area contributed by atoms with Gasteiger partial charge in [-0.05, 0) is 86.0 Å². The molecule has 5 aliphatic carbocycles. The van der Waals surface area contributed by atoms with Crippen LogP contribution >= 0.6 is 11.3 Å². The zero-order chi connectivity index (χ0) is 18.6. The summed E-state index contributed by atoms with van der Waals surface area (Å²) in [6.07, 6.45) is 10.4. The number of carbonyl (C=O) groups excluding carboxylic acids is 2. The molecule has 1 aromatic rings. The molecular formula is C22H30N2O2S. The van der Waals surface area contributed by atoms with Gasteiger partial charge in [0.05, 0.1) is 11.0 Å². The average Bonchev–Trinajstić information content (AvgIpc) is 3.19. The maximum absolute atomic E-state index is 13.4. The Hall–Kier alpha value is -1.36. The topological polar surface area (TPSA) is 58.2 Å². The first kappa shape index (κ1) is 17.7. The minimum Gasteiger partial charge on any atom is -0.352 e. The van der Waals surface area contributed by atoms with Gasteiger partial charge in [0.25, 0.3) is 5.91 Å². The second kappa shape index (κ2) is 6.61. The molecule has 5 heteroatoms. The summed E-state index contributed by atoms with van der Waals surface area (Å²) < 4.78 is 0. The van der Waals surface area contributed by atoms with E-state index in [4.69, 9.17) is 0 Å². The van der Waals surface area contributed by atoms with Crippen LogP contribution < -0.4 is 10.6 Å². The maximum atomic E-state index is 13.4. The Balaban J connectivity index is 1.40. The molecule has 0 saturated heterocycles. The molecule has 4 bridgehead atoms. The number of amides is 2. The largest absolute Gasteiger partial charge is 0.352 e. The van der Waals surface area contributed by atoms with Crippen molar-refractivity contribution in [3.8, 4) is 0 Å². The molecule has 0 aliphatic heterocycles. The van der Waals surface area contributed by atoms with Gasteiger partial charge in [-0.1, -0.05) is 13.3 Å². The number of hydrogen-bond donors (Lipinski definition) is 2. The van der Waals surface area contributed by atoms with Crippen LogP contribution in [0.5, 0.6) is 0 Å². The van der Waals surface area contributed by atoms with Crippen LogP contribution in [-0.2, 0) is 4.79 Å². The zero-order valence-electron chi connectivity index (χ0n) is 16.2. The zero-order valence-corrected chi connectivity index (χ0v) is 17.0. The molecular weight excluding hydrogens is 356 g/mol. The molecule has 6 rings (SSSR count). The van der Waals surface area contributed by atoms with Crippen molar-refractivity contribution in [2.45, 2.75) is 70.6 Å². The third kappa shape index (κ3) is 2.76. The molecule has 0 aromatic carbocycles. The Morgan fingerprint density at radius 1 is 1.19 bits per heavy atom. The fourth-order valence-electron chi connectivity index (χ4n) is 6.44. The van der Waals surface area contributed by atoms with Gasteiger partial charge in [-0.25, -0.2) is 0 Å². The smallest absolute Gasteiger partial charge is 0.254 e. The van der Waals surface area contributed by atoms with E-state index < -0.39 is 0 Å². The van der Waals surface area contributed by atoms with E-state index in [9.17, 15) is 9.59 Å². The second-order valence-corrected chi connectivity index (χ2v) is 10.3. The van der Waals surface area contributed by atoms with Gasteiger partial charge >= 0.3 is 0 Å². The highest BCUT2D eigenvalue weighted by Crippen LogP contribution is 2.65. The summed E-state index contributed by atoms with van der Waals surface area (Å²) in [7, 11) is 0. The molecule has 4 nitrogen and oxygen atoms in total. The maximum Gasteiger partial charge on any atom is 0.254 e. The summed E-state index contributed by atoms with van der Waals surface area (Å²) in [5.41, 5.74) is 1.76. The number of hydrogen-bond acceptors (Lipinski definition) is 3. The molecule has 5 fully saturated rings. The van der Waals surface area contributed by atoms with E-state index in [2.05, 4.69) is 22.9 Å². The van der Waals surface area contributed by atoms with Gasteiger partial charge in [-0.3, -0.25) is 9.59 Å². The van der Waals surface area contributed by atoms with Crippen molar-refractivity contribution in [1.82, 2.24) is 5.32 Å². The first-order chi connectivity index (χ1) is 13.1. The van der Waals surface area contributed by atoms with Crippen LogP contribution in [-0.4, -0.2) is 18.4 Å². The number of rotatable bonds is 6. The van der Waals surface area contributed by atoms with E-state index in [1.807, 2.05) is 0 Å². The summed E-state index contributed by atoms with van der Waals surface area (Å²) in [6.45, 7) is 2.75. The lowest BCUT2D eigenvalue weighted by Gasteiger charge is -2.31. The van der Waals surface area contributed by atoms with Crippen molar-refractivity contribution in [1.29, 1.82) is 0 Å². The van der Waals surface area contributed by atoms with Crippen molar-refractivity contribution < 1.29 is 9.59 Å². The number of anilines is 1. The van der Waals surface area contributed by atoms with Gasteiger partial charge in [0.15, 0.2) is 0 Å². The monoisotopic (exact) mass is 386 g/mol. The Kier molecular flexibility index (Phi) is 4.34. The lowest BCUT2D eigenvalue weighted by Crippen LogP contribution is -2.38. The summed E-state index contributed by atoms with van der Waals surface area (Å²) in [5.74, 6) is 2.77. The summed E-state index contributed by atoms with van der Waals surface area (Å²) in [4.78, 5) is 26.3. The Morgan fingerprint density at radius 2 is 1.93 bits per heavy atom. The van der Waals surface area contributed by atoms with Crippen LogP contribution in [0.1, 0.15) is 86.6 Å². The summed E-state index contributed by atoms with van der Waals surface area (Å²) in [5, 5.41) is 9.20. The van der Waals surface area contributed by atoms with Gasteiger partial charge in [0.1, 0.15) is 5.00 Å². The lowest BCUT2D eigenvalue weighted by molar-refractivity contribution is -0.127. The molecule has 27 heavy (non-hydrogen) atoms. The van der Waals surface area contributed by atoms with E-state index in [1.165, 1.54) is 25.7 Å². The van der Waals surface area contributed by atoms with E-state index in [-0.39, 0.29) is 17.2 Å². The molecule has 146 valence electrons. The van der Waals surface area contributed by atoms with E-state index in [0.717, 1.165) is 60.1 Å². The highest BCUT2D eigenvalue weighted by molar-refractivity contribution is 7.15. The predicted octanol–water partition coefficient (Wildman–Crippen LogP) is 4.92. The van der Waals surface area contributed by atoms with Crippen molar-refractivity contribution >= 4 is 28.2 Å². The molecule has 2 N–H and O–H groups in total. The van der Waals surface area contributed by atoms with E-state index in [0.29, 0.717) is 18.4 Å². The fraction of sp³-hybridized carbons (Fsp3) is 0.727. The van der Waals surface area contributed by atoms with E-state index in [1.54, 1.807) is 11.3 Å². The first-order valence-corrected chi connectivity index (χ1v) is 11.7. The summed E-state index contributed by atoms with van der Waals surface area (Å²) >= 11 is 1.55.